The Kier molecular flexibility index (Phi) is 5.08. The second kappa shape index (κ2) is 7.83. The molecule has 0 bridgehead atoms. The van der Waals surface area contributed by atoms with Crippen molar-refractivity contribution >= 4 is 11.7 Å². The van der Waals surface area contributed by atoms with Crippen LogP contribution in [-0.2, 0) is 6.42 Å². The van der Waals surface area contributed by atoms with Gasteiger partial charge in [-0.1, -0.05) is 42.5 Å². The van der Waals surface area contributed by atoms with Crippen LogP contribution in [0.1, 0.15) is 31.8 Å². The van der Waals surface area contributed by atoms with Gasteiger partial charge in [0, 0.05) is 23.2 Å². The lowest BCUT2D eigenvalue weighted by atomic mass is 10.0. The predicted molar refractivity (Wildman–Crippen MR) is 104 cm³/mol. The van der Waals surface area contributed by atoms with Gasteiger partial charge in [0.1, 0.15) is 5.75 Å². The zero-order chi connectivity index (χ0) is 20.4. The lowest BCUT2D eigenvalue weighted by Gasteiger charge is -2.08. The maximum Gasteiger partial charge on any atom is 0.387 e. The highest BCUT2D eigenvalue weighted by molar-refractivity contribution is 6.22. The molecule has 0 aromatic heterocycles. The summed E-state index contributed by atoms with van der Waals surface area (Å²) in [6.45, 7) is -2.48. The molecule has 0 spiro atoms. The molecule has 4 rings (SSSR count). The van der Waals surface area contributed by atoms with Crippen LogP contribution in [0.4, 0.5) is 8.78 Å². The average molecular weight is 393 g/mol. The molecular formula is C23H17F2NO3. The van der Waals surface area contributed by atoms with E-state index in [1.165, 1.54) is 12.1 Å². The maximum atomic E-state index is 12.6. The van der Waals surface area contributed by atoms with E-state index in [1.54, 1.807) is 36.4 Å². The van der Waals surface area contributed by atoms with Gasteiger partial charge in [-0.25, -0.2) is 0 Å². The molecule has 0 unspecified atom stereocenters. The molecule has 0 atom stereocenters. The lowest BCUT2D eigenvalue weighted by Crippen LogP contribution is -2.25. The molecule has 0 heterocycles. The van der Waals surface area contributed by atoms with Crippen LogP contribution in [0.3, 0.4) is 0 Å². The molecule has 3 aromatic carbocycles. The predicted octanol–water partition coefficient (Wildman–Crippen LogP) is 4.47. The van der Waals surface area contributed by atoms with E-state index >= 15 is 0 Å². The number of ketones is 1. The van der Waals surface area contributed by atoms with E-state index in [-0.39, 0.29) is 17.4 Å². The molecule has 1 aliphatic carbocycles. The lowest BCUT2D eigenvalue weighted by molar-refractivity contribution is -0.0498. The molecule has 0 saturated heterocycles. The second-order valence-corrected chi connectivity index (χ2v) is 6.66. The van der Waals surface area contributed by atoms with Crippen LogP contribution in [0, 0.1) is 0 Å². The van der Waals surface area contributed by atoms with Gasteiger partial charge in [-0.2, -0.15) is 8.78 Å². The van der Waals surface area contributed by atoms with Crippen molar-refractivity contribution < 1.29 is 23.1 Å². The van der Waals surface area contributed by atoms with E-state index in [9.17, 15) is 18.4 Å². The van der Waals surface area contributed by atoms with Crippen molar-refractivity contribution in [2.24, 2.45) is 0 Å². The van der Waals surface area contributed by atoms with Crippen LogP contribution < -0.4 is 10.1 Å². The number of halogens is 2. The third-order valence-electron chi connectivity index (χ3n) is 4.84. The molecule has 1 amide bonds. The van der Waals surface area contributed by atoms with Gasteiger partial charge >= 0.3 is 6.61 Å². The van der Waals surface area contributed by atoms with E-state index in [2.05, 4.69) is 10.1 Å². The maximum absolute atomic E-state index is 12.6. The minimum absolute atomic E-state index is 0.0728. The fourth-order valence-electron chi connectivity index (χ4n) is 3.43. The highest BCUT2D eigenvalue weighted by Crippen LogP contribution is 2.36. The van der Waals surface area contributed by atoms with Crippen molar-refractivity contribution in [2.45, 2.75) is 13.0 Å². The number of carbonyl (C=O) groups excluding carboxylic acids is 2. The number of alkyl halides is 2. The second-order valence-electron chi connectivity index (χ2n) is 6.66. The summed E-state index contributed by atoms with van der Waals surface area (Å²) < 4.78 is 28.6. The Morgan fingerprint density at radius 2 is 1.59 bits per heavy atom. The van der Waals surface area contributed by atoms with E-state index < -0.39 is 6.61 Å². The van der Waals surface area contributed by atoms with Crippen molar-refractivity contribution in [3.05, 3.63) is 89.0 Å². The van der Waals surface area contributed by atoms with E-state index in [0.29, 0.717) is 29.7 Å². The first-order valence-electron chi connectivity index (χ1n) is 9.13. The Balaban J connectivity index is 1.38. The Morgan fingerprint density at radius 1 is 0.897 bits per heavy atom. The molecule has 0 radical (unpaired) electrons. The van der Waals surface area contributed by atoms with Crippen LogP contribution in [-0.4, -0.2) is 24.8 Å². The Hall–Kier alpha value is -3.54. The SMILES string of the molecule is O=C(NCCc1ccc(OC(F)F)cc1)c1ccc2c(c1)C(=O)c1ccccc1-2. The summed E-state index contributed by atoms with van der Waals surface area (Å²) in [5, 5.41) is 2.82. The van der Waals surface area contributed by atoms with Crippen LogP contribution in [0.2, 0.25) is 0 Å². The number of amides is 1. The molecule has 1 aliphatic rings. The first-order valence-corrected chi connectivity index (χ1v) is 9.13. The molecule has 29 heavy (non-hydrogen) atoms. The van der Waals surface area contributed by atoms with Crippen LogP contribution >= 0.6 is 0 Å². The zero-order valence-electron chi connectivity index (χ0n) is 15.3. The van der Waals surface area contributed by atoms with E-state index in [1.807, 2.05) is 18.2 Å². The molecule has 4 nitrogen and oxygen atoms in total. The number of rotatable bonds is 6. The molecule has 146 valence electrons. The molecule has 6 heteroatoms. The van der Waals surface area contributed by atoms with E-state index in [0.717, 1.165) is 16.7 Å². The third-order valence-corrected chi connectivity index (χ3v) is 4.84. The third kappa shape index (κ3) is 3.87. The molecule has 0 fully saturated rings. The van der Waals surface area contributed by atoms with Gasteiger partial charge in [-0.15, -0.1) is 0 Å². The Bertz CT molecular complexity index is 1080. The van der Waals surface area contributed by atoms with Gasteiger partial charge in [0.15, 0.2) is 5.78 Å². The highest BCUT2D eigenvalue weighted by atomic mass is 19.3. The summed E-state index contributed by atoms with van der Waals surface area (Å²) in [4.78, 5) is 25.0. The number of hydrogen-bond acceptors (Lipinski definition) is 3. The van der Waals surface area contributed by atoms with Crippen molar-refractivity contribution in [1.29, 1.82) is 0 Å². The van der Waals surface area contributed by atoms with Crippen molar-refractivity contribution in [1.82, 2.24) is 5.32 Å². The van der Waals surface area contributed by atoms with Crippen molar-refractivity contribution in [3.63, 3.8) is 0 Å². The Morgan fingerprint density at radius 3 is 2.31 bits per heavy atom. The van der Waals surface area contributed by atoms with Crippen LogP contribution in [0.15, 0.2) is 66.7 Å². The molecular weight excluding hydrogens is 376 g/mol. The number of hydrogen-bond donors (Lipinski definition) is 1. The molecule has 0 aliphatic heterocycles. The minimum atomic E-state index is -2.85. The van der Waals surface area contributed by atoms with Gasteiger partial charge in [-0.3, -0.25) is 9.59 Å². The van der Waals surface area contributed by atoms with Crippen LogP contribution in [0.5, 0.6) is 5.75 Å². The number of fused-ring (bicyclic) bond motifs is 3. The average Bonchev–Trinajstić information content (AvgIpc) is 3.01. The summed E-state index contributed by atoms with van der Waals surface area (Å²) in [5.41, 5.74) is 4.22. The minimum Gasteiger partial charge on any atom is -0.435 e. The van der Waals surface area contributed by atoms with Gasteiger partial charge in [0.05, 0.1) is 0 Å². The van der Waals surface area contributed by atoms with Gasteiger partial charge in [-0.05, 0) is 47.4 Å². The fourth-order valence-corrected chi connectivity index (χ4v) is 3.43. The first kappa shape index (κ1) is 18.8. The molecule has 1 N–H and O–H groups in total. The summed E-state index contributed by atoms with van der Waals surface area (Å²) in [6, 6.07) is 18.8. The Labute approximate surface area is 166 Å². The largest absolute Gasteiger partial charge is 0.435 e. The number of ether oxygens (including phenoxy) is 1. The number of carbonyl (C=O) groups is 2. The monoisotopic (exact) mass is 393 g/mol. The quantitative estimate of drug-likeness (QED) is 0.526. The zero-order valence-corrected chi connectivity index (χ0v) is 15.3. The number of nitrogens with one attached hydrogen (secondary N) is 1. The summed E-state index contributed by atoms with van der Waals surface area (Å²) in [5.74, 6) is -0.248. The molecule has 3 aromatic rings. The summed E-state index contributed by atoms with van der Waals surface area (Å²) in [7, 11) is 0. The van der Waals surface area contributed by atoms with Gasteiger partial charge in [0.25, 0.3) is 5.91 Å². The highest BCUT2D eigenvalue weighted by Gasteiger charge is 2.26. The van der Waals surface area contributed by atoms with Crippen molar-refractivity contribution in [2.75, 3.05) is 6.54 Å². The number of benzene rings is 3. The van der Waals surface area contributed by atoms with Crippen molar-refractivity contribution in [3.8, 4) is 16.9 Å². The van der Waals surface area contributed by atoms with Gasteiger partial charge in [0.2, 0.25) is 0 Å². The fraction of sp³-hybridized carbons (Fsp3) is 0.130. The first-order chi connectivity index (χ1) is 14.0. The van der Waals surface area contributed by atoms with Crippen LogP contribution in [0.25, 0.3) is 11.1 Å². The summed E-state index contributed by atoms with van der Waals surface area (Å²) >= 11 is 0. The standard InChI is InChI=1S/C23H17F2NO3/c24-23(25)29-16-8-5-14(6-9-16)11-12-26-22(28)15-7-10-18-17-3-1-2-4-19(17)21(27)20(18)13-15/h1-10,13,23H,11-12H2,(H,26,28). The summed E-state index contributed by atoms with van der Waals surface area (Å²) in [6.07, 6.45) is 0.538. The topological polar surface area (TPSA) is 55.4 Å². The smallest absolute Gasteiger partial charge is 0.387 e. The van der Waals surface area contributed by atoms with Gasteiger partial charge < -0.3 is 10.1 Å². The van der Waals surface area contributed by atoms with E-state index in [4.69, 9.17) is 0 Å². The molecule has 0 saturated carbocycles. The normalized spacial score (nSPS) is 11.9.